The number of benzene rings is 2. The molecule has 0 saturated carbocycles. The first-order valence-electron chi connectivity index (χ1n) is 14.4. The maximum Gasteiger partial charge on any atom is 0.146 e. The summed E-state index contributed by atoms with van der Waals surface area (Å²) in [7, 11) is -0.256. The molecular formula is C34H52O2Si2. The van der Waals surface area contributed by atoms with Crippen molar-refractivity contribution in [3.05, 3.63) is 35.4 Å². The van der Waals surface area contributed by atoms with Gasteiger partial charge in [-0.05, 0) is 68.3 Å². The molecule has 2 aromatic carbocycles. The van der Waals surface area contributed by atoms with Crippen LogP contribution in [0.25, 0.3) is 10.8 Å². The fourth-order valence-electron chi connectivity index (χ4n) is 7.06. The standard InChI is InChI=1S/C34H52O2Si2/c1-23(2)37(24(3)4,25(5)6)17-15-29-19-31-20-30(34(36-14)22-32(31)21-33(29)35-13)16-18-38(26(7)8,27(9)10)28(11)12/h19-28H,1-14H3. The Hall–Kier alpha value is -2.15. The van der Waals surface area contributed by atoms with Crippen molar-refractivity contribution >= 4 is 26.9 Å². The van der Waals surface area contributed by atoms with E-state index in [1.165, 1.54) is 0 Å². The molecule has 2 aromatic rings. The van der Waals surface area contributed by atoms with E-state index >= 15 is 0 Å². The van der Waals surface area contributed by atoms with Gasteiger partial charge < -0.3 is 9.47 Å². The topological polar surface area (TPSA) is 18.5 Å². The van der Waals surface area contributed by atoms with Crippen LogP contribution in [0, 0.1) is 22.9 Å². The highest BCUT2D eigenvalue weighted by atomic mass is 28.3. The zero-order chi connectivity index (χ0) is 29.0. The van der Waals surface area contributed by atoms with E-state index in [1.54, 1.807) is 14.2 Å². The summed E-state index contributed by atoms with van der Waals surface area (Å²) >= 11 is 0. The van der Waals surface area contributed by atoms with Gasteiger partial charge in [0.2, 0.25) is 0 Å². The van der Waals surface area contributed by atoms with Crippen LogP contribution in [0.4, 0.5) is 0 Å². The summed E-state index contributed by atoms with van der Waals surface area (Å²) in [6, 6.07) is 8.56. The van der Waals surface area contributed by atoms with Gasteiger partial charge in [-0.3, -0.25) is 0 Å². The molecule has 0 aromatic heterocycles. The highest BCUT2D eigenvalue weighted by Gasteiger charge is 2.42. The lowest BCUT2D eigenvalue weighted by molar-refractivity contribution is 0.412. The number of hydrogen-bond donors (Lipinski definition) is 0. The number of fused-ring (bicyclic) bond motifs is 1. The van der Waals surface area contributed by atoms with Crippen LogP contribution in [-0.4, -0.2) is 30.4 Å². The van der Waals surface area contributed by atoms with E-state index in [-0.39, 0.29) is 0 Å². The minimum atomic E-state index is -1.86. The van der Waals surface area contributed by atoms with Crippen LogP contribution in [-0.2, 0) is 0 Å². The van der Waals surface area contributed by atoms with Crippen LogP contribution < -0.4 is 9.47 Å². The average Bonchev–Trinajstić information content (AvgIpc) is 2.82. The highest BCUT2D eigenvalue weighted by Crippen LogP contribution is 2.42. The summed E-state index contributed by atoms with van der Waals surface area (Å²) in [5, 5.41) is 2.20. The molecular weight excluding hydrogens is 497 g/mol. The SMILES string of the molecule is COc1cc2cc(OC)c(C#C[Si](C(C)C)(C(C)C)C(C)C)cc2cc1C#C[Si](C(C)C)(C(C)C)C(C)C. The van der Waals surface area contributed by atoms with Gasteiger partial charge in [-0.25, -0.2) is 0 Å². The van der Waals surface area contributed by atoms with Gasteiger partial charge in [-0.15, -0.1) is 11.1 Å². The predicted molar refractivity (Wildman–Crippen MR) is 173 cm³/mol. The fourth-order valence-corrected chi connectivity index (χ4v) is 17.5. The molecule has 208 valence electrons. The zero-order valence-electron chi connectivity index (χ0n) is 26.6. The Kier molecular flexibility index (Phi) is 10.8. The molecule has 0 aliphatic rings. The molecule has 0 atom stereocenters. The van der Waals surface area contributed by atoms with E-state index in [4.69, 9.17) is 9.47 Å². The van der Waals surface area contributed by atoms with Crippen LogP contribution in [0.2, 0.25) is 33.2 Å². The molecule has 0 fully saturated rings. The van der Waals surface area contributed by atoms with Crippen LogP contribution in [0.5, 0.6) is 11.5 Å². The van der Waals surface area contributed by atoms with E-state index in [1.807, 2.05) is 0 Å². The predicted octanol–water partition coefficient (Wildman–Crippen LogP) is 10.00. The van der Waals surface area contributed by atoms with Gasteiger partial charge in [0.05, 0.1) is 25.3 Å². The molecule has 38 heavy (non-hydrogen) atoms. The minimum Gasteiger partial charge on any atom is -0.495 e. The second-order valence-corrected chi connectivity index (χ2v) is 23.9. The summed E-state index contributed by atoms with van der Waals surface area (Å²) < 4.78 is 11.6. The van der Waals surface area contributed by atoms with Gasteiger partial charge in [-0.2, -0.15) is 0 Å². The largest absolute Gasteiger partial charge is 0.495 e. The highest BCUT2D eigenvalue weighted by molar-refractivity contribution is 6.91. The smallest absolute Gasteiger partial charge is 0.146 e. The lowest BCUT2D eigenvalue weighted by Crippen LogP contribution is -2.43. The van der Waals surface area contributed by atoms with Gasteiger partial charge in [0, 0.05) is 0 Å². The van der Waals surface area contributed by atoms with E-state index in [2.05, 4.69) is 130 Å². The normalized spacial score (nSPS) is 12.4. The molecule has 0 radical (unpaired) electrons. The molecule has 0 aliphatic heterocycles. The number of ether oxygens (including phenoxy) is 2. The maximum atomic E-state index is 5.82. The summed E-state index contributed by atoms with van der Waals surface area (Å²) in [6.07, 6.45) is 0. The Labute approximate surface area is 236 Å². The Balaban J connectivity index is 2.80. The molecule has 0 aliphatic carbocycles. The van der Waals surface area contributed by atoms with E-state index < -0.39 is 16.1 Å². The third-order valence-electron chi connectivity index (χ3n) is 9.04. The maximum absolute atomic E-state index is 5.82. The Morgan fingerprint density at radius 1 is 0.474 bits per heavy atom. The minimum absolute atomic E-state index is 0.583. The van der Waals surface area contributed by atoms with Gasteiger partial charge >= 0.3 is 0 Å². The summed E-state index contributed by atoms with van der Waals surface area (Å²) in [5.74, 6) is 8.86. The Bertz CT molecular complexity index is 1090. The lowest BCUT2D eigenvalue weighted by Gasteiger charge is -2.38. The summed E-state index contributed by atoms with van der Waals surface area (Å²) in [6.45, 7) is 28.2. The van der Waals surface area contributed by atoms with Crippen molar-refractivity contribution in [3.8, 4) is 34.4 Å². The van der Waals surface area contributed by atoms with Crippen LogP contribution in [0.3, 0.4) is 0 Å². The number of methoxy groups -OCH3 is 2. The lowest BCUT2D eigenvalue weighted by atomic mass is 10.0. The number of rotatable bonds is 8. The average molecular weight is 549 g/mol. The van der Waals surface area contributed by atoms with Crippen molar-refractivity contribution in [2.24, 2.45) is 0 Å². The Morgan fingerprint density at radius 2 is 0.737 bits per heavy atom. The van der Waals surface area contributed by atoms with Gasteiger partial charge in [-0.1, -0.05) is 94.9 Å². The molecule has 0 saturated heterocycles. The van der Waals surface area contributed by atoms with Gasteiger partial charge in [0.1, 0.15) is 27.6 Å². The van der Waals surface area contributed by atoms with Crippen molar-refractivity contribution in [3.63, 3.8) is 0 Å². The van der Waals surface area contributed by atoms with Crippen molar-refractivity contribution in [1.82, 2.24) is 0 Å². The molecule has 0 N–H and O–H groups in total. The molecule has 0 spiro atoms. The molecule has 0 amide bonds. The van der Waals surface area contributed by atoms with E-state index in [0.717, 1.165) is 33.4 Å². The zero-order valence-corrected chi connectivity index (χ0v) is 28.6. The van der Waals surface area contributed by atoms with E-state index in [9.17, 15) is 0 Å². The summed E-state index contributed by atoms with van der Waals surface area (Å²) in [4.78, 5) is 0. The number of hydrogen-bond acceptors (Lipinski definition) is 2. The monoisotopic (exact) mass is 548 g/mol. The van der Waals surface area contributed by atoms with Gasteiger partial charge in [0.25, 0.3) is 0 Å². The molecule has 0 heterocycles. The van der Waals surface area contributed by atoms with Crippen LogP contribution in [0.1, 0.15) is 94.2 Å². The first kappa shape index (κ1) is 32.1. The van der Waals surface area contributed by atoms with Crippen LogP contribution in [0.15, 0.2) is 24.3 Å². The second kappa shape index (κ2) is 12.8. The van der Waals surface area contributed by atoms with Crippen LogP contribution >= 0.6 is 0 Å². The van der Waals surface area contributed by atoms with Crippen molar-refractivity contribution in [2.75, 3.05) is 14.2 Å². The first-order chi connectivity index (χ1) is 17.7. The third kappa shape index (κ3) is 6.03. The first-order valence-corrected chi connectivity index (χ1v) is 18.9. The van der Waals surface area contributed by atoms with Crippen molar-refractivity contribution in [1.29, 1.82) is 0 Å². The fraction of sp³-hybridized carbons (Fsp3) is 0.588. The molecule has 2 rings (SSSR count). The van der Waals surface area contributed by atoms with Crippen molar-refractivity contribution in [2.45, 2.75) is 116 Å². The van der Waals surface area contributed by atoms with E-state index in [0.29, 0.717) is 33.2 Å². The quantitative estimate of drug-likeness (QED) is 0.241. The molecule has 2 nitrogen and oxygen atoms in total. The van der Waals surface area contributed by atoms with Crippen molar-refractivity contribution < 1.29 is 9.47 Å². The molecule has 4 heteroatoms. The van der Waals surface area contributed by atoms with Gasteiger partial charge in [0.15, 0.2) is 0 Å². The molecule has 0 bridgehead atoms. The molecule has 0 unspecified atom stereocenters. The Morgan fingerprint density at radius 3 is 0.974 bits per heavy atom. The summed E-state index contributed by atoms with van der Waals surface area (Å²) in [5.41, 5.74) is 13.2. The third-order valence-corrected chi connectivity index (χ3v) is 21.6. The second-order valence-electron chi connectivity index (χ2n) is 12.7.